The standard InChI is InChI=1S/C25H26F3NO2/c1-16(2)29(17(3)4)24(30)23-21(31-15-18-9-6-5-7-10-18)14-13-19-11-8-12-20(22(19)23)25(26,27)28/h5-14,16-17H,15H2,1-4H3. The Morgan fingerprint density at radius 2 is 1.55 bits per heavy atom. The Morgan fingerprint density at radius 1 is 0.903 bits per heavy atom. The highest BCUT2D eigenvalue weighted by atomic mass is 19.4. The first-order valence-corrected chi connectivity index (χ1v) is 10.2. The second kappa shape index (κ2) is 9.00. The fraction of sp³-hybridized carbons (Fsp3) is 0.320. The summed E-state index contributed by atoms with van der Waals surface area (Å²) in [6, 6.07) is 16.0. The molecule has 1 amide bonds. The smallest absolute Gasteiger partial charge is 0.417 e. The van der Waals surface area contributed by atoms with Crippen LogP contribution in [0.25, 0.3) is 10.8 Å². The van der Waals surface area contributed by atoms with Crippen LogP contribution in [0.4, 0.5) is 13.2 Å². The molecule has 0 aliphatic carbocycles. The molecule has 0 aliphatic heterocycles. The summed E-state index contributed by atoms with van der Waals surface area (Å²) in [5, 5.41) is 0.217. The highest BCUT2D eigenvalue weighted by Crippen LogP contribution is 2.40. The van der Waals surface area contributed by atoms with Crippen molar-refractivity contribution in [2.24, 2.45) is 0 Å². The lowest BCUT2D eigenvalue weighted by molar-refractivity contribution is -0.136. The highest BCUT2D eigenvalue weighted by molar-refractivity contribution is 6.11. The first-order valence-electron chi connectivity index (χ1n) is 10.2. The van der Waals surface area contributed by atoms with Crippen molar-refractivity contribution in [1.82, 2.24) is 4.90 Å². The molecule has 0 spiro atoms. The van der Waals surface area contributed by atoms with E-state index in [-0.39, 0.29) is 35.4 Å². The van der Waals surface area contributed by atoms with Crippen LogP contribution in [0.3, 0.4) is 0 Å². The van der Waals surface area contributed by atoms with Crippen molar-refractivity contribution in [3.05, 3.63) is 77.4 Å². The lowest BCUT2D eigenvalue weighted by Gasteiger charge is -2.32. The molecule has 0 saturated carbocycles. The molecule has 0 aromatic heterocycles. The molecule has 31 heavy (non-hydrogen) atoms. The zero-order valence-corrected chi connectivity index (χ0v) is 18.0. The van der Waals surface area contributed by atoms with Crippen LogP contribution in [0.2, 0.25) is 0 Å². The maximum atomic E-state index is 13.9. The second-order valence-electron chi connectivity index (χ2n) is 8.01. The minimum absolute atomic E-state index is 0.0521. The van der Waals surface area contributed by atoms with E-state index in [2.05, 4.69) is 0 Å². The molecule has 164 valence electrons. The van der Waals surface area contributed by atoms with Crippen molar-refractivity contribution in [3.8, 4) is 5.75 Å². The molecule has 0 fully saturated rings. The number of halogens is 3. The molecule has 0 bridgehead atoms. The van der Waals surface area contributed by atoms with E-state index in [1.807, 2.05) is 58.0 Å². The van der Waals surface area contributed by atoms with Gasteiger partial charge in [-0.05, 0) is 50.8 Å². The number of amides is 1. The monoisotopic (exact) mass is 429 g/mol. The summed E-state index contributed by atoms with van der Waals surface area (Å²) in [6.07, 6.45) is -4.60. The van der Waals surface area contributed by atoms with E-state index < -0.39 is 17.6 Å². The average molecular weight is 429 g/mol. The quantitative estimate of drug-likeness (QED) is 0.437. The number of nitrogens with zero attached hydrogens (tertiary/aromatic N) is 1. The van der Waals surface area contributed by atoms with Gasteiger partial charge in [-0.15, -0.1) is 0 Å². The summed E-state index contributed by atoms with van der Waals surface area (Å²) < 4.78 is 47.6. The van der Waals surface area contributed by atoms with E-state index in [9.17, 15) is 18.0 Å². The van der Waals surface area contributed by atoms with Gasteiger partial charge in [-0.1, -0.05) is 48.5 Å². The number of rotatable bonds is 6. The van der Waals surface area contributed by atoms with Gasteiger partial charge >= 0.3 is 6.18 Å². The minimum Gasteiger partial charge on any atom is -0.488 e. The number of carbonyl (C=O) groups is 1. The number of benzene rings is 3. The van der Waals surface area contributed by atoms with Crippen molar-refractivity contribution in [2.75, 3.05) is 0 Å². The van der Waals surface area contributed by atoms with Crippen molar-refractivity contribution < 1.29 is 22.7 Å². The Hall–Kier alpha value is -3.02. The zero-order valence-electron chi connectivity index (χ0n) is 18.0. The van der Waals surface area contributed by atoms with E-state index in [1.54, 1.807) is 23.1 Å². The lowest BCUT2D eigenvalue weighted by Crippen LogP contribution is -2.42. The average Bonchev–Trinajstić information content (AvgIpc) is 2.70. The molecule has 0 saturated heterocycles. The fourth-order valence-electron chi connectivity index (χ4n) is 3.86. The summed E-state index contributed by atoms with van der Waals surface area (Å²) in [5.41, 5.74) is -0.0376. The Kier molecular flexibility index (Phi) is 6.58. The second-order valence-corrected chi connectivity index (χ2v) is 8.01. The molecule has 0 aliphatic rings. The molecule has 0 N–H and O–H groups in total. The molecular weight excluding hydrogens is 403 g/mol. The van der Waals surface area contributed by atoms with Gasteiger partial charge in [0.05, 0.1) is 11.1 Å². The van der Waals surface area contributed by atoms with Gasteiger partial charge < -0.3 is 9.64 Å². The summed E-state index contributed by atoms with van der Waals surface area (Å²) >= 11 is 0. The largest absolute Gasteiger partial charge is 0.488 e. The number of alkyl halides is 3. The third-order valence-electron chi connectivity index (χ3n) is 5.11. The van der Waals surface area contributed by atoms with Gasteiger partial charge in [-0.3, -0.25) is 4.79 Å². The number of ether oxygens (including phenoxy) is 1. The number of carbonyl (C=O) groups excluding carboxylic acids is 1. The summed E-state index contributed by atoms with van der Waals surface area (Å²) in [5.74, 6) is -0.334. The Balaban J connectivity index is 2.23. The van der Waals surface area contributed by atoms with Crippen LogP contribution in [-0.2, 0) is 12.8 Å². The normalized spacial score (nSPS) is 11.9. The third-order valence-corrected chi connectivity index (χ3v) is 5.11. The Morgan fingerprint density at radius 3 is 2.13 bits per heavy atom. The van der Waals surface area contributed by atoms with E-state index in [4.69, 9.17) is 4.74 Å². The van der Waals surface area contributed by atoms with Crippen LogP contribution < -0.4 is 4.74 Å². The number of hydrogen-bond acceptors (Lipinski definition) is 2. The van der Waals surface area contributed by atoms with Crippen LogP contribution in [0, 0.1) is 0 Å². The topological polar surface area (TPSA) is 29.5 Å². The molecule has 0 unspecified atom stereocenters. The van der Waals surface area contributed by atoms with Crippen molar-refractivity contribution in [2.45, 2.75) is 52.6 Å². The highest BCUT2D eigenvalue weighted by Gasteiger charge is 2.36. The summed E-state index contributed by atoms with van der Waals surface area (Å²) in [7, 11) is 0. The van der Waals surface area contributed by atoms with Crippen LogP contribution in [-0.4, -0.2) is 22.9 Å². The van der Waals surface area contributed by atoms with Crippen molar-refractivity contribution in [1.29, 1.82) is 0 Å². The molecule has 3 rings (SSSR count). The van der Waals surface area contributed by atoms with Gasteiger partial charge in [-0.2, -0.15) is 13.2 Å². The first-order chi connectivity index (χ1) is 14.6. The van der Waals surface area contributed by atoms with Crippen LogP contribution >= 0.6 is 0 Å². The van der Waals surface area contributed by atoms with Gasteiger partial charge in [0.2, 0.25) is 0 Å². The molecular formula is C25H26F3NO2. The molecule has 0 atom stereocenters. The Bertz CT molecular complexity index is 1050. The number of hydrogen-bond donors (Lipinski definition) is 0. The maximum absolute atomic E-state index is 13.9. The summed E-state index contributed by atoms with van der Waals surface area (Å²) in [6.45, 7) is 7.52. The van der Waals surface area contributed by atoms with Crippen molar-refractivity contribution >= 4 is 16.7 Å². The SMILES string of the molecule is CC(C)N(C(=O)c1c(OCc2ccccc2)ccc2cccc(C(F)(F)F)c12)C(C)C. The fourth-order valence-corrected chi connectivity index (χ4v) is 3.86. The van der Waals surface area contributed by atoms with Gasteiger partial charge in [0, 0.05) is 17.5 Å². The number of fused-ring (bicyclic) bond motifs is 1. The predicted octanol–water partition coefficient (Wildman–Crippen LogP) is 6.70. The van der Waals surface area contributed by atoms with E-state index in [1.165, 1.54) is 6.07 Å². The molecule has 3 aromatic rings. The predicted molar refractivity (Wildman–Crippen MR) is 116 cm³/mol. The first kappa shape index (κ1) is 22.7. The van der Waals surface area contributed by atoms with Gasteiger partial charge in [0.25, 0.3) is 5.91 Å². The molecule has 6 heteroatoms. The molecule has 3 aromatic carbocycles. The van der Waals surface area contributed by atoms with E-state index in [0.29, 0.717) is 5.39 Å². The van der Waals surface area contributed by atoms with Crippen molar-refractivity contribution in [3.63, 3.8) is 0 Å². The third kappa shape index (κ3) is 4.84. The summed E-state index contributed by atoms with van der Waals surface area (Å²) in [4.78, 5) is 15.2. The van der Waals surface area contributed by atoms with E-state index in [0.717, 1.165) is 11.6 Å². The van der Waals surface area contributed by atoms with E-state index >= 15 is 0 Å². The van der Waals surface area contributed by atoms with Gasteiger partial charge in [0.15, 0.2) is 0 Å². The van der Waals surface area contributed by atoms with Crippen LogP contribution in [0.15, 0.2) is 60.7 Å². The van der Waals surface area contributed by atoms with Crippen LogP contribution in [0.1, 0.15) is 49.2 Å². The molecule has 0 radical (unpaired) electrons. The van der Waals surface area contributed by atoms with Crippen LogP contribution in [0.5, 0.6) is 5.75 Å². The minimum atomic E-state index is -4.60. The zero-order chi connectivity index (χ0) is 22.8. The maximum Gasteiger partial charge on any atom is 0.417 e. The van der Waals surface area contributed by atoms with Gasteiger partial charge in [0.1, 0.15) is 12.4 Å². The Labute approximate surface area is 180 Å². The lowest BCUT2D eigenvalue weighted by atomic mass is 9.96. The van der Waals surface area contributed by atoms with Gasteiger partial charge in [-0.25, -0.2) is 0 Å². The molecule has 0 heterocycles. The molecule has 3 nitrogen and oxygen atoms in total.